The molecule has 298 valence electrons. The first kappa shape index (κ1) is 44.2. The number of carbonyl (C=O) groups excluding carboxylic acids is 7. The van der Waals surface area contributed by atoms with Gasteiger partial charge in [0.25, 0.3) is 0 Å². The highest BCUT2D eigenvalue weighted by molar-refractivity contribution is 5.97. The molecule has 0 saturated carbocycles. The van der Waals surface area contributed by atoms with Crippen LogP contribution in [-0.2, 0) is 38.4 Å². The molecule has 20 heteroatoms. The molecule has 0 aliphatic carbocycles. The van der Waals surface area contributed by atoms with E-state index in [1.807, 2.05) is 13.8 Å². The number of nitrogens with two attached hydrogens (primary N) is 4. The highest BCUT2D eigenvalue weighted by Gasteiger charge is 2.39. The minimum atomic E-state index is -1.39. The van der Waals surface area contributed by atoms with Crippen molar-refractivity contribution in [1.29, 1.82) is 0 Å². The number of aliphatic carboxylic acids is 1. The number of hydrogen-bond donors (Lipinski definition) is 9. The molecule has 0 radical (unpaired) electrons. The van der Waals surface area contributed by atoms with Crippen molar-refractivity contribution in [3.05, 3.63) is 0 Å². The summed E-state index contributed by atoms with van der Waals surface area (Å²) in [7, 11) is 0. The number of aliphatic imine (C=N–C) groups is 1. The van der Waals surface area contributed by atoms with Crippen molar-refractivity contribution >= 4 is 53.3 Å². The van der Waals surface area contributed by atoms with Crippen LogP contribution in [0.4, 0.5) is 0 Å². The number of carbonyl (C=O) groups is 8. The van der Waals surface area contributed by atoms with Crippen molar-refractivity contribution in [1.82, 2.24) is 31.1 Å². The second kappa shape index (κ2) is 20.9. The lowest BCUT2D eigenvalue weighted by atomic mass is 10.0. The van der Waals surface area contributed by atoms with E-state index in [1.165, 1.54) is 23.6 Å². The zero-order valence-electron chi connectivity index (χ0n) is 31.0. The Morgan fingerprint density at radius 2 is 1.26 bits per heavy atom. The fraction of sp³-hybridized carbons (Fsp3) is 0.727. The van der Waals surface area contributed by atoms with Crippen molar-refractivity contribution in [3.63, 3.8) is 0 Å². The van der Waals surface area contributed by atoms with Gasteiger partial charge >= 0.3 is 5.97 Å². The molecule has 53 heavy (non-hydrogen) atoms. The molecule has 7 amide bonds. The average molecular weight is 752 g/mol. The Hall–Kier alpha value is -5.01. The number of carboxylic acid groups (broad SMARTS) is 1. The highest BCUT2D eigenvalue weighted by Crippen LogP contribution is 2.21. The third kappa shape index (κ3) is 13.8. The number of nitrogens with one attached hydrogen (secondary N) is 4. The minimum Gasteiger partial charge on any atom is -0.480 e. The molecule has 0 aromatic carbocycles. The molecular weight excluding hydrogens is 694 g/mol. The largest absolute Gasteiger partial charge is 0.480 e. The lowest BCUT2D eigenvalue weighted by Crippen LogP contribution is -2.59. The molecule has 0 aromatic heterocycles. The van der Waals surface area contributed by atoms with E-state index in [0.717, 1.165) is 0 Å². The van der Waals surface area contributed by atoms with Crippen molar-refractivity contribution in [3.8, 4) is 0 Å². The Labute approximate surface area is 308 Å². The fourth-order valence-electron chi connectivity index (χ4n) is 6.29. The van der Waals surface area contributed by atoms with Crippen molar-refractivity contribution in [2.24, 2.45) is 33.8 Å². The number of nitrogens with zero attached hydrogens (tertiary/aromatic N) is 3. The summed E-state index contributed by atoms with van der Waals surface area (Å²) in [6.07, 6.45) is 1.49. The number of likely N-dealkylation sites (tertiary alicyclic amines) is 2. The predicted molar refractivity (Wildman–Crippen MR) is 192 cm³/mol. The van der Waals surface area contributed by atoms with E-state index in [-0.39, 0.29) is 63.5 Å². The molecular formula is C33H57N11O9. The maximum absolute atomic E-state index is 13.7. The SMILES string of the molecule is CC(C)C[C@H](NC(=O)[C@H](CCC(N)=O)NC(=O)[C@H](CCCN=C(N)N)NC(=O)[C@H](C)NC(=O)[C@@H]1CCCN1C(=O)[C@H](C)N)C(=O)N1CCC[C@H]1C(=O)O. The summed E-state index contributed by atoms with van der Waals surface area (Å²) in [5.41, 5.74) is 21.9. The average Bonchev–Trinajstić information content (AvgIpc) is 3.77. The zero-order valence-corrected chi connectivity index (χ0v) is 31.0. The third-order valence-corrected chi connectivity index (χ3v) is 9.01. The molecule has 20 nitrogen and oxygen atoms in total. The lowest BCUT2D eigenvalue weighted by molar-refractivity contribution is -0.149. The second-order valence-corrected chi connectivity index (χ2v) is 14.0. The third-order valence-electron chi connectivity index (χ3n) is 9.01. The van der Waals surface area contributed by atoms with Gasteiger partial charge in [0.2, 0.25) is 41.4 Å². The zero-order chi connectivity index (χ0) is 40.0. The monoisotopic (exact) mass is 751 g/mol. The predicted octanol–water partition coefficient (Wildman–Crippen LogP) is -3.28. The molecule has 0 aromatic rings. The first-order valence-electron chi connectivity index (χ1n) is 18.0. The molecule has 0 unspecified atom stereocenters. The summed E-state index contributed by atoms with van der Waals surface area (Å²) in [6, 6.07) is -7.63. The second-order valence-electron chi connectivity index (χ2n) is 14.0. The van der Waals surface area contributed by atoms with Gasteiger partial charge in [-0.15, -0.1) is 0 Å². The van der Waals surface area contributed by atoms with Gasteiger partial charge in [0, 0.05) is 26.1 Å². The van der Waals surface area contributed by atoms with Crippen LogP contribution in [0.15, 0.2) is 4.99 Å². The molecule has 7 atom stereocenters. The van der Waals surface area contributed by atoms with E-state index in [4.69, 9.17) is 22.9 Å². The van der Waals surface area contributed by atoms with Crippen LogP contribution in [0, 0.1) is 5.92 Å². The van der Waals surface area contributed by atoms with E-state index in [1.54, 1.807) is 0 Å². The number of primary amides is 1. The molecule has 13 N–H and O–H groups in total. The first-order chi connectivity index (χ1) is 24.8. The number of guanidine groups is 1. The molecule has 2 aliphatic heterocycles. The molecule has 2 saturated heterocycles. The Morgan fingerprint density at radius 3 is 1.79 bits per heavy atom. The Bertz CT molecular complexity index is 1390. The lowest BCUT2D eigenvalue weighted by Gasteiger charge is -2.30. The Balaban J connectivity index is 2.26. The van der Waals surface area contributed by atoms with Gasteiger partial charge in [0.15, 0.2) is 5.96 Å². The van der Waals surface area contributed by atoms with Gasteiger partial charge in [-0.1, -0.05) is 13.8 Å². The normalized spacial score (nSPS) is 19.7. The van der Waals surface area contributed by atoms with Crippen LogP contribution in [0.5, 0.6) is 0 Å². The molecule has 0 spiro atoms. The smallest absolute Gasteiger partial charge is 0.326 e. The number of carboxylic acids is 1. The number of rotatable bonds is 20. The summed E-state index contributed by atoms with van der Waals surface area (Å²) >= 11 is 0. The van der Waals surface area contributed by atoms with Crippen LogP contribution in [0.3, 0.4) is 0 Å². The van der Waals surface area contributed by atoms with Crippen LogP contribution < -0.4 is 44.2 Å². The minimum absolute atomic E-state index is 0.0154. The van der Waals surface area contributed by atoms with Gasteiger partial charge in [0.1, 0.15) is 36.3 Å². The molecule has 2 aliphatic rings. The van der Waals surface area contributed by atoms with Crippen molar-refractivity contribution < 1.29 is 43.5 Å². The summed E-state index contributed by atoms with van der Waals surface area (Å²) in [5, 5.41) is 20.0. The topological polar surface area (TPSA) is 328 Å². The standard InChI is InChI=1S/C33H57N11O9/c1-17(2)16-22(31(51)44-15-7-10-24(44)32(52)53)42-28(48)21(11-12-25(35)45)41-27(47)20(8-5-13-38-33(36)37)40-26(46)19(4)39-29(49)23-9-6-14-43(23)30(50)18(3)34/h17-24H,5-16,34H2,1-4H3,(H2,35,45)(H,39,49)(H,40,46)(H,41,47)(H,42,48)(H,52,53)(H4,36,37,38)/t18-,19-,20-,21-,22-,23-,24-/m0/s1. The van der Waals surface area contributed by atoms with Gasteiger partial charge < -0.3 is 59.1 Å². The quantitative estimate of drug-likeness (QED) is 0.0336. The number of amides is 7. The first-order valence-corrected chi connectivity index (χ1v) is 18.0. The Kier molecular flexibility index (Phi) is 17.4. The van der Waals surface area contributed by atoms with E-state index in [2.05, 4.69) is 26.3 Å². The van der Waals surface area contributed by atoms with Crippen molar-refractivity contribution in [2.45, 2.75) is 128 Å². The maximum Gasteiger partial charge on any atom is 0.326 e. The van der Waals surface area contributed by atoms with E-state index in [9.17, 15) is 43.5 Å². The fourth-order valence-corrected chi connectivity index (χ4v) is 6.29. The summed E-state index contributed by atoms with van der Waals surface area (Å²) in [6.45, 7) is 7.19. The van der Waals surface area contributed by atoms with E-state index >= 15 is 0 Å². The summed E-state index contributed by atoms with van der Waals surface area (Å²) < 4.78 is 0. The van der Waals surface area contributed by atoms with E-state index in [0.29, 0.717) is 25.8 Å². The van der Waals surface area contributed by atoms with Gasteiger partial charge in [0.05, 0.1) is 6.04 Å². The van der Waals surface area contributed by atoms with Crippen LogP contribution in [-0.4, -0.2) is 130 Å². The van der Waals surface area contributed by atoms with Gasteiger partial charge in [-0.05, 0) is 71.1 Å². The van der Waals surface area contributed by atoms with Gasteiger partial charge in [-0.25, -0.2) is 4.79 Å². The van der Waals surface area contributed by atoms with Crippen LogP contribution in [0.1, 0.15) is 85.5 Å². The highest BCUT2D eigenvalue weighted by atomic mass is 16.4. The molecule has 2 heterocycles. The molecule has 2 rings (SSSR count). The maximum atomic E-state index is 13.7. The van der Waals surface area contributed by atoms with Crippen LogP contribution in [0.25, 0.3) is 0 Å². The summed E-state index contributed by atoms with van der Waals surface area (Å²) in [5.74, 6) is -6.14. The van der Waals surface area contributed by atoms with E-state index < -0.39 is 89.6 Å². The summed E-state index contributed by atoms with van der Waals surface area (Å²) in [4.78, 5) is 110. The van der Waals surface area contributed by atoms with Crippen LogP contribution >= 0.6 is 0 Å². The number of hydrogen-bond acceptors (Lipinski definition) is 10. The molecule has 2 fully saturated rings. The van der Waals surface area contributed by atoms with Crippen molar-refractivity contribution in [2.75, 3.05) is 19.6 Å². The molecule has 0 bridgehead atoms. The van der Waals surface area contributed by atoms with Gasteiger partial charge in [-0.2, -0.15) is 0 Å². The van der Waals surface area contributed by atoms with Gasteiger partial charge in [-0.3, -0.25) is 38.6 Å². The Morgan fingerprint density at radius 1 is 0.736 bits per heavy atom. The van der Waals surface area contributed by atoms with Crippen LogP contribution in [0.2, 0.25) is 0 Å².